The van der Waals surface area contributed by atoms with Crippen LogP contribution in [0.1, 0.15) is 80.0 Å². The molecule has 4 amide bonds. The van der Waals surface area contributed by atoms with E-state index >= 15 is 0 Å². The molecule has 6 rings (SSSR count). The normalized spacial score (nSPS) is 14.7. The number of alkyl carbamates (subject to hydrolysis) is 2. The summed E-state index contributed by atoms with van der Waals surface area (Å²) < 4.78 is 9.44. The minimum atomic E-state index is -0.847. The Balaban J connectivity index is 1.01. The van der Waals surface area contributed by atoms with Crippen LogP contribution in [0.25, 0.3) is 22.3 Å². The van der Waals surface area contributed by atoms with Crippen LogP contribution in [-0.4, -0.2) is 82.2 Å². The molecule has 296 valence electrons. The third-order valence-corrected chi connectivity index (χ3v) is 9.90. The Morgan fingerprint density at radius 2 is 1.61 bits per heavy atom. The number of aryl methyl sites for hydroxylation is 1. The second-order valence-electron chi connectivity index (χ2n) is 14.2. The molecular weight excluding hydrogens is 725 g/mol. The number of amides is 4. The molecule has 14 heteroatoms. The molecule has 2 aromatic heterocycles. The number of aromatic amines is 2. The highest BCUT2D eigenvalue weighted by molar-refractivity contribution is 5.87. The lowest BCUT2D eigenvalue weighted by Gasteiger charge is -2.30. The van der Waals surface area contributed by atoms with Crippen LogP contribution in [0.2, 0.25) is 0 Å². The number of unbranched alkanes of at least 4 members (excludes halogenated alkanes) is 1. The summed E-state index contributed by atoms with van der Waals surface area (Å²) in [7, 11) is 2.55. The number of fused-ring (bicyclic) bond motifs is 1. The summed E-state index contributed by atoms with van der Waals surface area (Å²) in [4.78, 5) is 68.1. The maximum atomic E-state index is 13.5. The van der Waals surface area contributed by atoms with Gasteiger partial charge < -0.3 is 40.3 Å². The average molecular weight is 773 g/mol. The van der Waals surface area contributed by atoms with Crippen LogP contribution < -0.4 is 16.0 Å². The van der Waals surface area contributed by atoms with Crippen LogP contribution in [0, 0.1) is 17.8 Å². The molecule has 3 atom stereocenters. The molecule has 1 aliphatic rings. The number of rotatable bonds is 13. The van der Waals surface area contributed by atoms with Crippen molar-refractivity contribution in [2.24, 2.45) is 5.92 Å². The Morgan fingerprint density at radius 3 is 2.35 bits per heavy atom. The quantitative estimate of drug-likeness (QED) is 0.0721. The molecule has 0 saturated carbocycles. The Kier molecular flexibility index (Phi) is 13.2. The van der Waals surface area contributed by atoms with E-state index < -0.39 is 24.3 Å². The van der Waals surface area contributed by atoms with Gasteiger partial charge in [0.2, 0.25) is 11.8 Å². The molecule has 14 nitrogen and oxygen atoms in total. The smallest absolute Gasteiger partial charge is 0.407 e. The van der Waals surface area contributed by atoms with Gasteiger partial charge in [0.05, 0.1) is 43.2 Å². The van der Waals surface area contributed by atoms with Gasteiger partial charge in [-0.3, -0.25) is 9.59 Å². The van der Waals surface area contributed by atoms with E-state index in [1.54, 1.807) is 23.2 Å². The summed E-state index contributed by atoms with van der Waals surface area (Å²) >= 11 is 0. The van der Waals surface area contributed by atoms with Crippen LogP contribution in [0.5, 0.6) is 0 Å². The minimum Gasteiger partial charge on any atom is -0.453 e. The van der Waals surface area contributed by atoms with Crippen molar-refractivity contribution in [2.45, 2.75) is 64.1 Å². The van der Waals surface area contributed by atoms with Crippen LogP contribution in [0.3, 0.4) is 0 Å². The Labute approximate surface area is 331 Å². The van der Waals surface area contributed by atoms with Crippen molar-refractivity contribution in [2.75, 3.05) is 27.3 Å². The number of hydrogen-bond acceptors (Lipinski definition) is 8. The number of nitrogens with one attached hydrogen (secondary N) is 5. The fraction of sp³-hybridized carbons (Fsp3) is 0.349. The first-order chi connectivity index (χ1) is 27.6. The highest BCUT2D eigenvalue weighted by Crippen LogP contribution is 2.33. The third kappa shape index (κ3) is 10.2. The van der Waals surface area contributed by atoms with Crippen molar-refractivity contribution in [1.82, 2.24) is 40.8 Å². The van der Waals surface area contributed by atoms with Gasteiger partial charge in [-0.1, -0.05) is 68.2 Å². The number of nitrogens with zero attached hydrogens (tertiary/aromatic N) is 3. The van der Waals surface area contributed by atoms with Crippen LogP contribution in [0.4, 0.5) is 9.59 Å². The predicted molar refractivity (Wildman–Crippen MR) is 215 cm³/mol. The van der Waals surface area contributed by atoms with Crippen LogP contribution in [-0.2, 0) is 25.5 Å². The zero-order valence-electron chi connectivity index (χ0n) is 32.6. The molecule has 3 aromatic carbocycles. The third-order valence-electron chi connectivity index (χ3n) is 9.90. The second-order valence-corrected chi connectivity index (χ2v) is 14.2. The molecule has 0 bridgehead atoms. The first-order valence-electron chi connectivity index (χ1n) is 19.1. The standard InChI is InChI=1S/C43H48N8O6/c1-27(2)37(49-42(54)56-3)41(53)51-24-10-13-35(51)39-45-26-34(48-39)30-20-17-28(18-21-30)15-16-29-19-22-32-33(25-29)47-36(46-32)14-8-9-23-44-40(52)38(50-43(55)57-4)31-11-6-5-7-12-31/h5-7,11-12,17-22,25-27,35,37-38H,8-10,13-14,23-24H2,1-4H3,(H,44,52)(H,45,48)(H,46,47)(H,49,54)(H,50,55). The highest BCUT2D eigenvalue weighted by atomic mass is 16.5. The van der Waals surface area contributed by atoms with Gasteiger partial charge >= 0.3 is 12.2 Å². The number of imidazole rings is 2. The molecule has 5 aromatic rings. The van der Waals surface area contributed by atoms with Crippen LogP contribution >= 0.6 is 0 Å². The number of likely N-dealkylation sites (tertiary alicyclic amines) is 1. The molecule has 0 radical (unpaired) electrons. The summed E-state index contributed by atoms with van der Waals surface area (Å²) in [5.41, 5.74) is 5.93. The molecule has 1 aliphatic heterocycles. The minimum absolute atomic E-state index is 0.107. The number of methoxy groups -OCH3 is 2. The van der Waals surface area contributed by atoms with Gasteiger partial charge in [0.25, 0.3) is 0 Å². The number of benzene rings is 3. The lowest BCUT2D eigenvalue weighted by atomic mass is 10.0. The van der Waals surface area contributed by atoms with Crippen molar-refractivity contribution in [1.29, 1.82) is 0 Å². The molecular formula is C43H48N8O6. The number of carbonyl (C=O) groups is 4. The molecule has 3 unspecified atom stereocenters. The van der Waals surface area contributed by atoms with Gasteiger partial charge in [0, 0.05) is 30.6 Å². The van der Waals surface area contributed by atoms with E-state index in [2.05, 4.69) is 42.7 Å². The van der Waals surface area contributed by atoms with E-state index in [9.17, 15) is 19.2 Å². The zero-order chi connectivity index (χ0) is 40.3. The van der Waals surface area contributed by atoms with Crippen molar-refractivity contribution in [3.63, 3.8) is 0 Å². The van der Waals surface area contributed by atoms with Crippen molar-refractivity contribution in [3.8, 4) is 23.1 Å². The van der Waals surface area contributed by atoms with Gasteiger partial charge in [-0.15, -0.1) is 0 Å². The van der Waals surface area contributed by atoms with Gasteiger partial charge in [-0.2, -0.15) is 0 Å². The number of H-pyrrole nitrogens is 2. The topological polar surface area (TPSA) is 183 Å². The summed E-state index contributed by atoms with van der Waals surface area (Å²) in [5.74, 6) is 7.52. The summed E-state index contributed by atoms with van der Waals surface area (Å²) in [6.45, 7) is 4.83. The van der Waals surface area contributed by atoms with E-state index in [1.807, 2.05) is 74.5 Å². The molecule has 1 fully saturated rings. The summed E-state index contributed by atoms with van der Waals surface area (Å²) in [6.07, 6.45) is 4.35. The maximum Gasteiger partial charge on any atom is 0.407 e. The van der Waals surface area contributed by atoms with Crippen molar-refractivity contribution < 1.29 is 28.7 Å². The number of aromatic nitrogens is 4. The van der Waals surface area contributed by atoms with Gasteiger partial charge in [0.1, 0.15) is 23.7 Å². The highest BCUT2D eigenvalue weighted by Gasteiger charge is 2.37. The number of carbonyl (C=O) groups excluding carboxylic acids is 4. The van der Waals surface area contributed by atoms with E-state index in [1.165, 1.54) is 14.2 Å². The SMILES string of the molecule is COC(=O)NC(C(=O)NCCCCc1nc2ccc(C#Cc3ccc(-c4cnc(C5CCCN5C(=O)C(NC(=O)OC)C(C)C)[nH]4)cc3)cc2[nH]1)c1ccccc1. The molecule has 1 saturated heterocycles. The van der Waals surface area contributed by atoms with Crippen molar-refractivity contribution >= 4 is 35.0 Å². The second kappa shape index (κ2) is 18.8. The lowest BCUT2D eigenvalue weighted by Crippen LogP contribution is -2.51. The average Bonchev–Trinajstić information content (AvgIpc) is 4.01. The van der Waals surface area contributed by atoms with Crippen LogP contribution in [0.15, 0.2) is 79.0 Å². The number of ether oxygens (including phenoxy) is 2. The maximum absolute atomic E-state index is 13.5. The largest absolute Gasteiger partial charge is 0.453 e. The Bertz CT molecular complexity index is 2240. The van der Waals surface area contributed by atoms with E-state index in [0.29, 0.717) is 30.9 Å². The monoisotopic (exact) mass is 772 g/mol. The fourth-order valence-electron chi connectivity index (χ4n) is 6.84. The summed E-state index contributed by atoms with van der Waals surface area (Å²) in [6, 6.07) is 21.1. The molecule has 0 aliphatic carbocycles. The van der Waals surface area contributed by atoms with Gasteiger partial charge in [-0.05, 0) is 73.1 Å². The predicted octanol–water partition coefficient (Wildman–Crippen LogP) is 5.93. The van der Waals surface area contributed by atoms with E-state index in [0.717, 1.165) is 64.9 Å². The summed E-state index contributed by atoms with van der Waals surface area (Å²) in [5, 5.41) is 8.20. The zero-order valence-corrected chi connectivity index (χ0v) is 32.6. The number of hydrogen-bond donors (Lipinski definition) is 5. The van der Waals surface area contributed by atoms with Crippen molar-refractivity contribution in [3.05, 3.63) is 107 Å². The Hall–Kier alpha value is -6.62. The lowest BCUT2D eigenvalue weighted by molar-refractivity contribution is -0.135. The first kappa shape index (κ1) is 40.1. The van der Waals surface area contributed by atoms with E-state index in [4.69, 9.17) is 14.5 Å². The first-order valence-corrected chi connectivity index (χ1v) is 19.1. The van der Waals surface area contributed by atoms with E-state index in [-0.39, 0.29) is 23.8 Å². The fourth-order valence-corrected chi connectivity index (χ4v) is 6.84. The van der Waals surface area contributed by atoms with Gasteiger partial charge in [-0.25, -0.2) is 19.6 Å². The molecule has 3 heterocycles. The molecule has 57 heavy (non-hydrogen) atoms. The van der Waals surface area contributed by atoms with Gasteiger partial charge in [0.15, 0.2) is 0 Å². The molecule has 0 spiro atoms. The molecule has 5 N–H and O–H groups in total. The Morgan fingerprint density at radius 1 is 0.895 bits per heavy atom.